The highest BCUT2D eigenvalue weighted by molar-refractivity contribution is 5.93. The van der Waals surface area contributed by atoms with Gasteiger partial charge >= 0.3 is 0 Å². The predicted octanol–water partition coefficient (Wildman–Crippen LogP) is 1.89. The van der Waals surface area contributed by atoms with Gasteiger partial charge in [0, 0.05) is 25.7 Å². The van der Waals surface area contributed by atoms with E-state index in [1.54, 1.807) is 31.1 Å². The number of nitrogens with one attached hydrogen (secondary N) is 1. The first-order valence-electron chi connectivity index (χ1n) is 6.80. The maximum absolute atomic E-state index is 12.2. The monoisotopic (exact) mass is 276 g/mol. The molecule has 0 spiro atoms. The molecule has 0 aromatic heterocycles. The second kappa shape index (κ2) is 6.41. The third kappa shape index (κ3) is 3.50. The predicted molar refractivity (Wildman–Crippen MR) is 76.6 cm³/mol. The summed E-state index contributed by atoms with van der Waals surface area (Å²) in [6.45, 7) is 2.81. The topological polar surface area (TPSA) is 58.6 Å². The lowest BCUT2D eigenvalue weighted by atomic mass is 9.97. The number of hydrogen-bond acceptors (Lipinski definition) is 3. The second-order valence-electron chi connectivity index (χ2n) is 5.02. The molecule has 5 heteroatoms. The Morgan fingerprint density at radius 2 is 2.00 bits per heavy atom. The summed E-state index contributed by atoms with van der Waals surface area (Å²) in [7, 11) is 1.60. The Bertz CT molecular complexity index is 484. The summed E-state index contributed by atoms with van der Waals surface area (Å²) in [5.74, 6) is 0.631. The Morgan fingerprint density at radius 3 is 2.60 bits per heavy atom. The number of ether oxygens (including phenoxy) is 1. The molecule has 2 amide bonds. The van der Waals surface area contributed by atoms with Crippen LogP contribution in [-0.4, -0.2) is 36.9 Å². The average molecular weight is 276 g/mol. The first kappa shape index (κ1) is 14.4. The summed E-state index contributed by atoms with van der Waals surface area (Å²) >= 11 is 0. The van der Waals surface area contributed by atoms with Crippen LogP contribution >= 0.6 is 0 Å². The molecule has 0 bridgehead atoms. The van der Waals surface area contributed by atoms with Gasteiger partial charge in [0.1, 0.15) is 5.75 Å². The summed E-state index contributed by atoms with van der Waals surface area (Å²) in [5, 5.41) is 2.89. The van der Waals surface area contributed by atoms with Gasteiger partial charge < -0.3 is 15.0 Å². The molecule has 1 saturated heterocycles. The molecular weight excluding hydrogens is 256 g/mol. The van der Waals surface area contributed by atoms with Crippen molar-refractivity contribution in [2.24, 2.45) is 5.92 Å². The average Bonchev–Trinajstić information content (AvgIpc) is 2.48. The summed E-state index contributed by atoms with van der Waals surface area (Å²) in [5.41, 5.74) is 0.746. The van der Waals surface area contributed by atoms with Crippen molar-refractivity contribution in [3.8, 4) is 5.75 Å². The summed E-state index contributed by atoms with van der Waals surface area (Å²) in [4.78, 5) is 25.3. The number of rotatable bonds is 3. The maximum atomic E-state index is 12.2. The van der Waals surface area contributed by atoms with Gasteiger partial charge in [0.25, 0.3) is 0 Å². The normalized spacial score (nSPS) is 18.5. The molecule has 1 heterocycles. The minimum Gasteiger partial charge on any atom is -0.497 e. The number of nitrogens with zero attached hydrogens (tertiary/aromatic N) is 1. The van der Waals surface area contributed by atoms with E-state index in [4.69, 9.17) is 4.74 Å². The molecule has 1 aromatic rings. The Kier molecular flexibility index (Phi) is 4.61. The largest absolute Gasteiger partial charge is 0.497 e. The van der Waals surface area contributed by atoms with Crippen LogP contribution in [-0.2, 0) is 9.59 Å². The molecule has 2 rings (SSSR count). The molecule has 1 aromatic carbocycles. The molecule has 5 nitrogen and oxygen atoms in total. The minimum atomic E-state index is -0.130. The SMILES string of the molecule is COc1ccc(NC(=O)[C@H]2CCCN(C(C)=O)C2)cc1. The van der Waals surface area contributed by atoms with Crippen LogP contribution in [0.25, 0.3) is 0 Å². The van der Waals surface area contributed by atoms with Crippen molar-refractivity contribution in [1.29, 1.82) is 0 Å². The summed E-state index contributed by atoms with van der Waals surface area (Å²) in [6.07, 6.45) is 1.70. The van der Waals surface area contributed by atoms with E-state index in [-0.39, 0.29) is 17.7 Å². The van der Waals surface area contributed by atoms with Crippen LogP contribution in [0.4, 0.5) is 5.69 Å². The molecule has 1 atom stereocenters. The minimum absolute atomic E-state index is 0.0267. The van der Waals surface area contributed by atoms with E-state index in [1.807, 2.05) is 12.1 Å². The number of likely N-dealkylation sites (tertiary alicyclic amines) is 1. The Hall–Kier alpha value is -2.04. The summed E-state index contributed by atoms with van der Waals surface area (Å²) < 4.78 is 5.07. The molecule has 0 aliphatic carbocycles. The van der Waals surface area contributed by atoms with Crippen molar-refractivity contribution >= 4 is 17.5 Å². The Morgan fingerprint density at radius 1 is 1.30 bits per heavy atom. The van der Waals surface area contributed by atoms with E-state index >= 15 is 0 Å². The van der Waals surface area contributed by atoms with Gasteiger partial charge in [-0.25, -0.2) is 0 Å². The highest BCUT2D eigenvalue weighted by Gasteiger charge is 2.26. The van der Waals surface area contributed by atoms with Gasteiger partial charge in [-0.3, -0.25) is 9.59 Å². The van der Waals surface area contributed by atoms with Crippen molar-refractivity contribution in [3.63, 3.8) is 0 Å². The fourth-order valence-corrected chi connectivity index (χ4v) is 2.40. The highest BCUT2D eigenvalue weighted by Crippen LogP contribution is 2.20. The number of methoxy groups -OCH3 is 1. The lowest BCUT2D eigenvalue weighted by Gasteiger charge is -2.31. The standard InChI is InChI=1S/C15H20N2O3/c1-11(18)17-9-3-4-12(10-17)15(19)16-13-5-7-14(20-2)8-6-13/h5-8,12H,3-4,9-10H2,1-2H3,(H,16,19)/t12-/m0/s1. The second-order valence-corrected chi connectivity index (χ2v) is 5.02. The molecule has 1 aliphatic heterocycles. The Labute approximate surface area is 118 Å². The number of piperidine rings is 1. The van der Waals surface area contributed by atoms with Crippen LogP contribution in [0.3, 0.4) is 0 Å². The maximum Gasteiger partial charge on any atom is 0.229 e. The fraction of sp³-hybridized carbons (Fsp3) is 0.467. The molecule has 0 unspecified atom stereocenters. The van der Waals surface area contributed by atoms with Crippen molar-refractivity contribution in [1.82, 2.24) is 4.90 Å². The molecule has 1 fully saturated rings. The number of amides is 2. The van der Waals surface area contributed by atoms with E-state index in [0.717, 1.165) is 30.8 Å². The Balaban J connectivity index is 1.95. The summed E-state index contributed by atoms with van der Waals surface area (Å²) in [6, 6.07) is 7.22. The zero-order valence-corrected chi connectivity index (χ0v) is 11.9. The smallest absolute Gasteiger partial charge is 0.229 e. The van der Waals surface area contributed by atoms with Crippen LogP contribution in [0.2, 0.25) is 0 Å². The van der Waals surface area contributed by atoms with E-state index in [1.165, 1.54) is 0 Å². The van der Waals surface area contributed by atoms with Crippen LogP contribution in [0.5, 0.6) is 5.75 Å². The van der Waals surface area contributed by atoms with Gasteiger partial charge in [0.05, 0.1) is 13.0 Å². The molecule has 1 aliphatic rings. The molecule has 0 radical (unpaired) electrons. The molecular formula is C15H20N2O3. The molecule has 0 saturated carbocycles. The van der Waals surface area contributed by atoms with E-state index < -0.39 is 0 Å². The number of anilines is 1. The third-order valence-electron chi connectivity index (χ3n) is 3.60. The van der Waals surface area contributed by atoms with Crippen molar-refractivity contribution < 1.29 is 14.3 Å². The van der Waals surface area contributed by atoms with Gasteiger partial charge in [-0.1, -0.05) is 0 Å². The van der Waals surface area contributed by atoms with Gasteiger partial charge in [0.2, 0.25) is 11.8 Å². The first-order chi connectivity index (χ1) is 9.60. The van der Waals surface area contributed by atoms with Gasteiger partial charge in [-0.15, -0.1) is 0 Å². The van der Waals surface area contributed by atoms with Gasteiger partial charge in [0.15, 0.2) is 0 Å². The van der Waals surface area contributed by atoms with Crippen LogP contribution in [0.15, 0.2) is 24.3 Å². The van der Waals surface area contributed by atoms with Crippen LogP contribution < -0.4 is 10.1 Å². The van der Waals surface area contributed by atoms with Crippen LogP contribution in [0.1, 0.15) is 19.8 Å². The van der Waals surface area contributed by atoms with Crippen LogP contribution in [0, 0.1) is 5.92 Å². The zero-order chi connectivity index (χ0) is 14.5. The molecule has 20 heavy (non-hydrogen) atoms. The fourth-order valence-electron chi connectivity index (χ4n) is 2.40. The zero-order valence-electron chi connectivity index (χ0n) is 11.9. The third-order valence-corrected chi connectivity index (χ3v) is 3.60. The van der Waals surface area contributed by atoms with E-state index in [2.05, 4.69) is 5.32 Å². The number of carbonyl (C=O) groups is 2. The number of benzene rings is 1. The molecule has 1 N–H and O–H groups in total. The number of hydrogen-bond donors (Lipinski definition) is 1. The highest BCUT2D eigenvalue weighted by atomic mass is 16.5. The number of carbonyl (C=O) groups excluding carboxylic acids is 2. The first-order valence-corrected chi connectivity index (χ1v) is 6.80. The van der Waals surface area contributed by atoms with E-state index in [9.17, 15) is 9.59 Å². The van der Waals surface area contributed by atoms with Gasteiger partial charge in [-0.05, 0) is 37.1 Å². The quantitative estimate of drug-likeness (QED) is 0.917. The van der Waals surface area contributed by atoms with Crippen molar-refractivity contribution in [2.75, 3.05) is 25.5 Å². The lowest BCUT2D eigenvalue weighted by Crippen LogP contribution is -2.42. The molecule has 108 valence electrons. The van der Waals surface area contributed by atoms with E-state index in [0.29, 0.717) is 6.54 Å². The van der Waals surface area contributed by atoms with Crippen molar-refractivity contribution in [2.45, 2.75) is 19.8 Å². The van der Waals surface area contributed by atoms with Gasteiger partial charge in [-0.2, -0.15) is 0 Å². The van der Waals surface area contributed by atoms with Crippen molar-refractivity contribution in [3.05, 3.63) is 24.3 Å². The lowest BCUT2D eigenvalue weighted by molar-refractivity contribution is -0.132.